The number of thioether (sulfide) groups is 1. The summed E-state index contributed by atoms with van der Waals surface area (Å²) in [5.74, 6) is -3.74. The minimum absolute atomic E-state index is 0.158. The van der Waals surface area contributed by atoms with E-state index in [2.05, 4.69) is 38.5 Å². The predicted octanol–water partition coefficient (Wildman–Crippen LogP) is -2.23. The SMILES string of the molecule is CSCCC(NC(=O)C(N)Cc1cnc[nH]1)C(=O)NC(CCC(N)=O)C(=O)NC(CS)C(=O)O. The Bertz CT molecular complexity index is 839. The first-order chi connectivity index (χ1) is 16.1. The molecule has 13 nitrogen and oxygen atoms in total. The van der Waals surface area contributed by atoms with Crippen LogP contribution in [0.3, 0.4) is 0 Å². The van der Waals surface area contributed by atoms with Gasteiger partial charge in [0.05, 0.1) is 12.4 Å². The monoisotopic (exact) mass is 517 g/mol. The summed E-state index contributed by atoms with van der Waals surface area (Å²) in [5, 5.41) is 16.5. The fraction of sp³-hybridized carbons (Fsp3) is 0.579. The molecule has 0 saturated heterocycles. The zero-order valence-electron chi connectivity index (χ0n) is 18.7. The Hall–Kier alpha value is -2.78. The van der Waals surface area contributed by atoms with Gasteiger partial charge in [-0.1, -0.05) is 0 Å². The molecular weight excluding hydrogens is 486 g/mol. The van der Waals surface area contributed by atoms with Gasteiger partial charge in [-0.25, -0.2) is 9.78 Å². The Kier molecular flexibility index (Phi) is 13.1. The van der Waals surface area contributed by atoms with E-state index in [1.807, 2.05) is 6.26 Å². The van der Waals surface area contributed by atoms with Gasteiger partial charge >= 0.3 is 5.97 Å². The van der Waals surface area contributed by atoms with Crippen LogP contribution in [-0.2, 0) is 30.4 Å². The van der Waals surface area contributed by atoms with Gasteiger partial charge in [0.1, 0.15) is 18.1 Å². The molecule has 0 saturated carbocycles. The van der Waals surface area contributed by atoms with Crippen LogP contribution in [0, 0.1) is 0 Å². The molecule has 0 aliphatic heterocycles. The van der Waals surface area contributed by atoms with Crippen LogP contribution in [0.25, 0.3) is 0 Å². The largest absolute Gasteiger partial charge is 0.480 e. The summed E-state index contributed by atoms with van der Waals surface area (Å²) < 4.78 is 0. The number of primary amides is 1. The Labute approximate surface area is 206 Å². The number of aromatic nitrogens is 2. The van der Waals surface area contributed by atoms with Crippen molar-refractivity contribution in [2.24, 2.45) is 11.5 Å². The molecule has 4 amide bonds. The molecule has 0 aliphatic carbocycles. The quantitative estimate of drug-likeness (QED) is 0.111. The number of nitrogens with one attached hydrogen (secondary N) is 4. The van der Waals surface area contributed by atoms with Gasteiger partial charge in [0.15, 0.2) is 0 Å². The molecule has 15 heteroatoms. The second kappa shape index (κ2) is 15.2. The molecule has 0 aliphatic rings. The molecule has 1 aromatic rings. The second-order valence-corrected chi connectivity index (χ2v) is 8.73. The topological polar surface area (TPSA) is 222 Å². The average molecular weight is 518 g/mol. The Morgan fingerprint density at radius 2 is 1.68 bits per heavy atom. The molecule has 1 heterocycles. The highest BCUT2D eigenvalue weighted by Crippen LogP contribution is 2.06. The lowest BCUT2D eigenvalue weighted by Gasteiger charge is -2.24. The number of hydrogen-bond donors (Lipinski definition) is 8. The van der Waals surface area contributed by atoms with E-state index in [0.717, 1.165) is 0 Å². The van der Waals surface area contributed by atoms with Crippen molar-refractivity contribution in [3.05, 3.63) is 18.2 Å². The van der Waals surface area contributed by atoms with Gasteiger partial charge in [-0.2, -0.15) is 24.4 Å². The van der Waals surface area contributed by atoms with Crippen LogP contribution < -0.4 is 27.4 Å². The van der Waals surface area contributed by atoms with E-state index in [0.29, 0.717) is 11.4 Å². The number of H-pyrrole nitrogens is 1. The van der Waals surface area contributed by atoms with Crippen LogP contribution in [0.4, 0.5) is 0 Å². The van der Waals surface area contributed by atoms with Crippen molar-refractivity contribution in [2.45, 2.75) is 49.9 Å². The van der Waals surface area contributed by atoms with Gasteiger partial charge in [-0.05, 0) is 24.9 Å². The number of aromatic amines is 1. The zero-order valence-corrected chi connectivity index (χ0v) is 20.4. The maximum absolute atomic E-state index is 13.0. The summed E-state index contributed by atoms with van der Waals surface area (Å²) in [4.78, 5) is 67.3. The summed E-state index contributed by atoms with van der Waals surface area (Å²) in [6.07, 6.45) is 4.84. The van der Waals surface area contributed by atoms with Crippen molar-refractivity contribution in [3.63, 3.8) is 0 Å². The number of thiol groups is 1. The summed E-state index contributed by atoms with van der Waals surface area (Å²) in [6.45, 7) is 0. The van der Waals surface area contributed by atoms with Gasteiger partial charge < -0.3 is 37.5 Å². The minimum atomic E-state index is -1.31. The van der Waals surface area contributed by atoms with Gasteiger partial charge in [-0.15, -0.1) is 0 Å². The molecule has 1 aromatic heterocycles. The van der Waals surface area contributed by atoms with E-state index in [-0.39, 0.29) is 31.4 Å². The van der Waals surface area contributed by atoms with Crippen molar-refractivity contribution in [1.29, 1.82) is 0 Å². The molecule has 1 rings (SSSR count). The lowest BCUT2D eigenvalue weighted by Crippen LogP contribution is -2.57. The third-order valence-electron chi connectivity index (χ3n) is 4.68. The van der Waals surface area contributed by atoms with Crippen LogP contribution in [0.5, 0.6) is 0 Å². The maximum Gasteiger partial charge on any atom is 0.327 e. The molecular formula is C19H31N7O6S2. The van der Waals surface area contributed by atoms with E-state index < -0.39 is 53.8 Å². The van der Waals surface area contributed by atoms with Crippen LogP contribution in [0.15, 0.2) is 12.5 Å². The smallest absolute Gasteiger partial charge is 0.327 e. The normalized spacial score (nSPS) is 14.3. The first-order valence-corrected chi connectivity index (χ1v) is 12.4. The van der Waals surface area contributed by atoms with E-state index in [1.165, 1.54) is 24.3 Å². The van der Waals surface area contributed by atoms with E-state index >= 15 is 0 Å². The molecule has 4 unspecified atom stereocenters. The number of carbonyl (C=O) groups excluding carboxylic acids is 4. The summed E-state index contributed by atoms with van der Waals surface area (Å²) >= 11 is 5.34. The number of carboxylic acid groups (broad SMARTS) is 1. The molecule has 190 valence electrons. The number of rotatable bonds is 16. The molecule has 34 heavy (non-hydrogen) atoms. The molecule has 0 fully saturated rings. The van der Waals surface area contributed by atoms with Gasteiger partial charge in [0.2, 0.25) is 23.6 Å². The number of carbonyl (C=O) groups is 5. The van der Waals surface area contributed by atoms with Crippen LogP contribution in [-0.4, -0.2) is 86.6 Å². The average Bonchev–Trinajstić information content (AvgIpc) is 3.29. The number of nitrogens with zero attached hydrogens (tertiary/aromatic N) is 1. The number of amides is 4. The Morgan fingerprint density at radius 1 is 1.09 bits per heavy atom. The Morgan fingerprint density at radius 3 is 2.18 bits per heavy atom. The van der Waals surface area contributed by atoms with Gasteiger partial charge in [0.25, 0.3) is 0 Å². The van der Waals surface area contributed by atoms with Crippen LogP contribution >= 0.6 is 24.4 Å². The van der Waals surface area contributed by atoms with Crippen molar-refractivity contribution in [3.8, 4) is 0 Å². The third kappa shape index (κ3) is 10.4. The lowest BCUT2D eigenvalue weighted by molar-refractivity contribution is -0.141. The fourth-order valence-corrected chi connectivity index (χ4v) is 3.51. The van der Waals surface area contributed by atoms with Crippen LogP contribution in [0.1, 0.15) is 25.0 Å². The molecule has 4 atom stereocenters. The zero-order chi connectivity index (χ0) is 25.7. The Balaban J connectivity index is 2.91. The number of imidazole rings is 1. The number of hydrogen-bond acceptors (Lipinski definition) is 9. The van der Waals surface area contributed by atoms with Gasteiger partial charge in [-0.3, -0.25) is 19.2 Å². The molecule has 0 spiro atoms. The molecule has 0 aromatic carbocycles. The number of nitrogens with two attached hydrogens (primary N) is 2. The highest BCUT2D eigenvalue weighted by atomic mass is 32.2. The van der Waals surface area contributed by atoms with Gasteiger partial charge in [0, 0.05) is 30.5 Å². The molecule has 0 bridgehead atoms. The minimum Gasteiger partial charge on any atom is -0.480 e. The summed E-state index contributed by atoms with van der Waals surface area (Å²) in [6, 6.07) is -4.52. The van der Waals surface area contributed by atoms with E-state index in [9.17, 15) is 24.0 Å². The standard InChI is InChI=1S/C19H31N7O6S2/c1-34-5-4-13(24-16(28)11(20)6-10-7-22-9-23-10)18(30)25-12(2-3-15(21)27)17(29)26-14(8-33)19(31)32/h7,9,11-14,33H,2-6,8,20H2,1H3,(H2,21,27)(H,22,23)(H,24,28)(H,25,30)(H,26,29)(H,31,32). The predicted molar refractivity (Wildman–Crippen MR) is 129 cm³/mol. The summed E-state index contributed by atoms with van der Waals surface area (Å²) in [7, 11) is 0. The first-order valence-electron chi connectivity index (χ1n) is 10.3. The maximum atomic E-state index is 13.0. The first kappa shape index (κ1) is 29.3. The number of carboxylic acids is 1. The van der Waals surface area contributed by atoms with Crippen molar-refractivity contribution >= 4 is 54.0 Å². The lowest BCUT2D eigenvalue weighted by atomic mass is 10.1. The van der Waals surface area contributed by atoms with E-state index in [1.54, 1.807) is 0 Å². The molecule has 0 radical (unpaired) electrons. The third-order valence-corrected chi connectivity index (χ3v) is 5.69. The van der Waals surface area contributed by atoms with E-state index in [4.69, 9.17) is 16.6 Å². The highest BCUT2D eigenvalue weighted by molar-refractivity contribution is 7.98. The van der Waals surface area contributed by atoms with Crippen molar-refractivity contribution in [1.82, 2.24) is 25.9 Å². The van der Waals surface area contributed by atoms with Crippen LogP contribution in [0.2, 0.25) is 0 Å². The van der Waals surface area contributed by atoms with Crippen molar-refractivity contribution < 1.29 is 29.1 Å². The highest BCUT2D eigenvalue weighted by Gasteiger charge is 2.30. The summed E-state index contributed by atoms with van der Waals surface area (Å²) in [5.41, 5.74) is 11.7. The van der Waals surface area contributed by atoms with Crippen molar-refractivity contribution in [2.75, 3.05) is 17.8 Å². The fourth-order valence-electron chi connectivity index (χ4n) is 2.79. The number of aliphatic carboxylic acids is 1. The second-order valence-electron chi connectivity index (χ2n) is 7.38. The molecule has 9 N–H and O–H groups in total.